The molecule has 6 heteroatoms. The molecule has 0 radical (unpaired) electrons. The predicted molar refractivity (Wildman–Crippen MR) is 70.8 cm³/mol. The summed E-state index contributed by atoms with van der Waals surface area (Å²) in [6.07, 6.45) is 0.826. The molecule has 98 valence electrons. The van der Waals surface area contributed by atoms with Crippen molar-refractivity contribution in [2.75, 3.05) is 13.2 Å². The van der Waals surface area contributed by atoms with Gasteiger partial charge in [0.05, 0.1) is 16.7 Å². The first kappa shape index (κ1) is 11.7. The number of ether oxygens (including phenoxy) is 1. The van der Waals surface area contributed by atoms with Gasteiger partial charge in [0.2, 0.25) is 0 Å². The zero-order valence-corrected chi connectivity index (χ0v) is 10.5. The summed E-state index contributed by atoms with van der Waals surface area (Å²) in [5, 5.41) is 12.2. The Kier molecular flexibility index (Phi) is 2.70. The molecule has 0 unspecified atom stereocenters. The van der Waals surface area contributed by atoms with Gasteiger partial charge in [-0.05, 0) is 13.0 Å². The van der Waals surface area contributed by atoms with E-state index in [0.717, 1.165) is 15.6 Å². The summed E-state index contributed by atoms with van der Waals surface area (Å²) in [6.45, 7) is 2.73. The van der Waals surface area contributed by atoms with Crippen LogP contribution in [0, 0.1) is 17.0 Å². The molecule has 1 aliphatic rings. The van der Waals surface area contributed by atoms with E-state index in [1.807, 2.05) is 0 Å². The quantitative estimate of drug-likeness (QED) is 0.726. The van der Waals surface area contributed by atoms with Crippen molar-refractivity contribution in [1.82, 2.24) is 4.73 Å². The van der Waals surface area contributed by atoms with Gasteiger partial charge in [0.25, 0.3) is 11.4 Å². The van der Waals surface area contributed by atoms with Crippen LogP contribution in [-0.4, -0.2) is 23.8 Å². The summed E-state index contributed by atoms with van der Waals surface area (Å²) in [5.74, 6) is 0.258. The van der Waals surface area contributed by atoms with E-state index in [1.165, 1.54) is 0 Å². The maximum Gasteiger partial charge on any atom is 0.343 e. The number of hydrogen-bond donors (Lipinski definition) is 0. The Morgan fingerprint density at radius 3 is 2.95 bits per heavy atom. The van der Waals surface area contributed by atoms with E-state index < -0.39 is 0 Å². The monoisotopic (exact) mass is 259 g/mol. The number of hydrogen-bond acceptors (Lipinski definition) is 4. The fourth-order valence-electron chi connectivity index (χ4n) is 2.20. The fourth-order valence-corrected chi connectivity index (χ4v) is 2.20. The molecule has 0 amide bonds. The largest absolute Gasteiger partial charge is 0.805 e. The molecule has 1 aliphatic heterocycles. The highest BCUT2D eigenvalue weighted by Gasteiger charge is 2.27. The molecule has 0 N–H and O–H groups in total. The minimum Gasteiger partial charge on any atom is -0.805 e. The Labute approximate surface area is 109 Å². The highest BCUT2D eigenvalue weighted by Crippen LogP contribution is 2.15. The first-order valence-electron chi connectivity index (χ1n) is 6.12. The number of nitrogens with zero attached hydrogens (tertiary/aromatic N) is 3. The molecule has 19 heavy (non-hydrogen) atoms. The first-order chi connectivity index (χ1) is 9.20. The van der Waals surface area contributed by atoms with Crippen molar-refractivity contribution in [2.45, 2.75) is 13.3 Å². The Balaban J connectivity index is 2.36. The molecule has 0 aliphatic carbocycles. The second kappa shape index (κ2) is 4.38. The topological polar surface area (TPSA) is 72.5 Å². The summed E-state index contributed by atoms with van der Waals surface area (Å²) < 4.78 is 6.88. The Bertz CT molecular complexity index is 734. The molecule has 6 nitrogen and oxygen atoms in total. The van der Waals surface area contributed by atoms with E-state index in [9.17, 15) is 10.1 Å². The second-order valence-electron chi connectivity index (χ2n) is 4.40. The third-order valence-corrected chi connectivity index (χ3v) is 3.17. The van der Waals surface area contributed by atoms with Crippen LogP contribution in [-0.2, 0) is 4.74 Å². The molecule has 0 atom stereocenters. The third kappa shape index (κ3) is 1.76. The van der Waals surface area contributed by atoms with Gasteiger partial charge < -0.3 is 14.7 Å². The second-order valence-corrected chi connectivity index (χ2v) is 4.40. The summed E-state index contributed by atoms with van der Waals surface area (Å²) in [6, 6.07) is 6.68. The maximum absolute atomic E-state index is 12.4. The highest BCUT2D eigenvalue weighted by atomic mass is 16.5. The van der Waals surface area contributed by atoms with Crippen LogP contribution in [0.5, 0.6) is 0 Å². The van der Waals surface area contributed by atoms with Crippen LogP contribution in [0.25, 0.3) is 11.0 Å². The van der Waals surface area contributed by atoms with Crippen molar-refractivity contribution in [3.8, 4) is 0 Å². The van der Waals surface area contributed by atoms with Crippen molar-refractivity contribution in [3.63, 3.8) is 0 Å². The molecule has 0 saturated heterocycles. The minimum absolute atomic E-state index is 0.202. The van der Waals surface area contributed by atoms with Crippen LogP contribution in [0.4, 0.5) is 0 Å². The van der Waals surface area contributed by atoms with E-state index in [-0.39, 0.29) is 11.6 Å². The number of rotatable bonds is 1. The number of aromatic nitrogens is 2. The van der Waals surface area contributed by atoms with E-state index in [4.69, 9.17) is 4.74 Å². The lowest BCUT2D eigenvalue weighted by Crippen LogP contribution is -2.33. The molecule has 0 saturated carbocycles. The molecule has 3 rings (SSSR count). The molecule has 2 heterocycles. The molecular weight excluding hydrogens is 246 g/mol. The summed E-state index contributed by atoms with van der Waals surface area (Å²) >= 11 is 0. The van der Waals surface area contributed by atoms with Crippen LogP contribution < -0.4 is 4.43 Å². The number of fused-ring (bicyclic) bond motifs is 1. The van der Waals surface area contributed by atoms with Crippen LogP contribution in [0.15, 0.2) is 29.3 Å². The van der Waals surface area contributed by atoms with Crippen molar-refractivity contribution < 1.29 is 9.16 Å². The van der Waals surface area contributed by atoms with Gasteiger partial charge in [-0.25, -0.2) is 4.99 Å². The number of para-hydroxylation sites is 2. The lowest BCUT2D eigenvalue weighted by molar-refractivity contribution is -0.468. The van der Waals surface area contributed by atoms with Gasteiger partial charge in [-0.15, -0.1) is 0 Å². The number of benzene rings is 1. The van der Waals surface area contributed by atoms with Gasteiger partial charge in [0.15, 0.2) is 0 Å². The van der Waals surface area contributed by atoms with Crippen LogP contribution >= 0.6 is 0 Å². The smallest absolute Gasteiger partial charge is 0.343 e. The summed E-state index contributed by atoms with van der Waals surface area (Å²) in [7, 11) is 0. The molecule has 1 aromatic heterocycles. The molecule has 0 fully saturated rings. The average Bonchev–Trinajstić information content (AvgIpc) is 2.46. The third-order valence-electron chi connectivity index (χ3n) is 3.17. The first-order valence-corrected chi connectivity index (χ1v) is 6.12. The number of aliphatic imine (C=N–C) groups is 1. The zero-order chi connectivity index (χ0) is 13.4. The van der Waals surface area contributed by atoms with Gasteiger partial charge in [-0.3, -0.25) is 0 Å². The van der Waals surface area contributed by atoms with Crippen LogP contribution in [0.3, 0.4) is 0 Å². The predicted octanol–water partition coefficient (Wildman–Crippen LogP) is 1.38. The standard InChI is InChI=1S/C13H13N3O3/c1-9-12(13-14-7-4-8-19-13)16(18)11-6-3-2-5-10(11)15(9)17/h2-3,5-6H,4,7-8H2,1H3. The van der Waals surface area contributed by atoms with Gasteiger partial charge >= 0.3 is 5.69 Å². The van der Waals surface area contributed by atoms with Crippen molar-refractivity contribution in [2.24, 2.45) is 4.99 Å². The van der Waals surface area contributed by atoms with E-state index in [2.05, 4.69) is 4.99 Å². The SMILES string of the molecule is Cc1c(C2=NCCCO2)[n+](=O)c2ccccc2n1[O-]. The Morgan fingerprint density at radius 1 is 1.42 bits per heavy atom. The van der Waals surface area contributed by atoms with Crippen LogP contribution in [0.2, 0.25) is 0 Å². The summed E-state index contributed by atoms with van der Waals surface area (Å²) in [4.78, 5) is 16.6. The molecular formula is C13H13N3O3. The normalized spacial score (nSPS) is 15.1. The lowest BCUT2D eigenvalue weighted by atomic mass is 10.2. The van der Waals surface area contributed by atoms with Gasteiger partial charge in [-0.1, -0.05) is 12.1 Å². The van der Waals surface area contributed by atoms with Gasteiger partial charge in [0, 0.05) is 23.9 Å². The van der Waals surface area contributed by atoms with Crippen molar-refractivity contribution >= 4 is 16.9 Å². The zero-order valence-electron chi connectivity index (χ0n) is 10.5. The minimum atomic E-state index is 0.202. The van der Waals surface area contributed by atoms with E-state index in [1.54, 1.807) is 31.2 Å². The van der Waals surface area contributed by atoms with E-state index in [0.29, 0.717) is 29.9 Å². The Hall–Kier alpha value is -2.37. The fraction of sp³-hybridized carbons (Fsp3) is 0.308. The molecule has 1 aromatic carbocycles. The maximum atomic E-state index is 12.4. The molecule has 0 spiro atoms. The highest BCUT2D eigenvalue weighted by molar-refractivity contribution is 5.93. The van der Waals surface area contributed by atoms with Crippen molar-refractivity contribution in [3.05, 3.63) is 45.8 Å². The van der Waals surface area contributed by atoms with Crippen molar-refractivity contribution in [1.29, 1.82) is 0 Å². The molecule has 0 bridgehead atoms. The van der Waals surface area contributed by atoms with Gasteiger partial charge in [0.1, 0.15) is 5.52 Å². The van der Waals surface area contributed by atoms with E-state index >= 15 is 0 Å². The average molecular weight is 259 g/mol. The summed E-state index contributed by atoms with van der Waals surface area (Å²) in [5.41, 5.74) is 1.16. The lowest BCUT2D eigenvalue weighted by Gasteiger charge is -2.18. The molecule has 2 aromatic rings. The van der Waals surface area contributed by atoms with Gasteiger partial charge in [-0.2, -0.15) is 0 Å². The Morgan fingerprint density at radius 2 is 2.21 bits per heavy atom. The van der Waals surface area contributed by atoms with Crippen LogP contribution in [0.1, 0.15) is 17.8 Å².